The molecule has 0 bridgehead atoms. The van der Waals surface area contributed by atoms with E-state index in [1.807, 2.05) is 11.8 Å². The van der Waals surface area contributed by atoms with Crippen molar-refractivity contribution in [2.24, 2.45) is 0 Å². The number of carbonyl (C=O) groups is 1. The Bertz CT molecular complexity index is 831. The summed E-state index contributed by atoms with van der Waals surface area (Å²) in [4.78, 5) is 27.6. The van der Waals surface area contributed by atoms with Gasteiger partial charge in [0.15, 0.2) is 0 Å². The predicted molar refractivity (Wildman–Crippen MR) is 101 cm³/mol. The fourth-order valence-electron chi connectivity index (χ4n) is 4.33. The summed E-state index contributed by atoms with van der Waals surface area (Å²) in [6, 6.07) is 0. The highest BCUT2D eigenvalue weighted by Gasteiger charge is 2.36. The lowest BCUT2D eigenvalue weighted by Gasteiger charge is -2.32. The molecular formula is C20H27N5O3. The molecule has 8 heteroatoms. The third-order valence-corrected chi connectivity index (χ3v) is 5.95. The average Bonchev–Trinajstić information content (AvgIpc) is 3.38. The third-order valence-electron chi connectivity index (χ3n) is 5.95. The minimum Gasteiger partial charge on any atom is -0.389 e. The minimum absolute atomic E-state index is 0.0373. The normalized spacial score (nSPS) is 21.8. The van der Waals surface area contributed by atoms with E-state index in [4.69, 9.17) is 4.52 Å². The van der Waals surface area contributed by atoms with E-state index in [1.54, 1.807) is 6.20 Å². The van der Waals surface area contributed by atoms with Crippen molar-refractivity contribution in [3.63, 3.8) is 0 Å². The Hall–Kier alpha value is -2.35. The summed E-state index contributed by atoms with van der Waals surface area (Å²) >= 11 is 0. The molecule has 1 saturated carbocycles. The lowest BCUT2D eigenvalue weighted by molar-refractivity contribution is -0.136. The minimum atomic E-state index is -0.825. The van der Waals surface area contributed by atoms with Gasteiger partial charge in [-0.1, -0.05) is 31.3 Å². The van der Waals surface area contributed by atoms with Gasteiger partial charge < -0.3 is 14.5 Å². The molecule has 8 nitrogen and oxygen atoms in total. The van der Waals surface area contributed by atoms with Crippen LogP contribution >= 0.6 is 0 Å². The number of hydrogen-bond acceptors (Lipinski definition) is 7. The monoisotopic (exact) mass is 385 g/mol. The van der Waals surface area contributed by atoms with Gasteiger partial charge >= 0.3 is 0 Å². The summed E-state index contributed by atoms with van der Waals surface area (Å²) in [7, 11) is 0. The van der Waals surface area contributed by atoms with E-state index in [-0.39, 0.29) is 18.2 Å². The zero-order chi connectivity index (χ0) is 19.6. The standard InChI is InChI=1S/C20H27N5O3/c1-2-16-23-19(24-28-16)15-11-21-13-22-18(15)14-6-9-25(12-14)17(26)10-20(27)7-4-3-5-8-20/h11,13-14,27H,2-10,12H2,1H3/t14-/m0/s1. The zero-order valence-corrected chi connectivity index (χ0v) is 16.3. The van der Waals surface area contributed by atoms with Crippen molar-refractivity contribution in [3.05, 3.63) is 24.1 Å². The molecule has 1 aliphatic heterocycles. The van der Waals surface area contributed by atoms with E-state index in [9.17, 15) is 9.90 Å². The maximum atomic E-state index is 12.8. The second-order valence-corrected chi connectivity index (χ2v) is 7.97. The fourth-order valence-corrected chi connectivity index (χ4v) is 4.33. The number of nitrogens with zero attached hydrogens (tertiary/aromatic N) is 5. The lowest BCUT2D eigenvalue weighted by atomic mass is 9.82. The molecule has 28 heavy (non-hydrogen) atoms. The van der Waals surface area contributed by atoms with Crippen molar-refractivity contribution in [1.82, 2.24) is 25.0 Å². The van der Waals surface area contributed by atoms with Crippen LogP contribution in [0, 0.1) is 0 Å². The first-order valence-corrected chi connectivity index (χ1v) is 10.2. The van der Waals surface area contributed by atoms with E-state index >= 15 is 0 Å². The maximum absolute atomic E-state index is 12.8. The van der Waals surface area contributed by atoms with Crippen molar-refractivity contribution < 1.29 is 14.4 Å². The first-order valence-electron chi connectivity index (χ1n) is 10.2. The second-order valence-electron chi connectivity index (χ2n) is 7.97. The first kappa shape index (κ1) is 19.0. The van der Waals surface area contributed by atoms with Crippen LogP contribution in [-0.2, 0) is 11.2 Å². The molecule has 150 valence electrons. The average molecular weight is 385 g/mol. The second kappa shape index (κ2) is 7.95. The van der Waals surface area contributed by atoms with Gasteiger partial charge in [0.25, 0.3) is 0 Å². The van der Waals surface area contributed by atoms with Crippen LogP contribution in [0.5, 0.6) is 0 Å². The molecule has 1 N–H and O–H groups in total. The molecule has 0 unspecified atom stereocenters. The summed E-state index contributed by atoms with van der Waals surface area (Å²) in [5.74, 6) is 1.21. The van der Waals surface area contributed by atoms with Crippen molar-refractivity contribution in [2.45, 2.75) is 69.8 Å². The number of aliphatic hydroxyl groups is 1. The van der Waals surface area contributed by atoms with Gasteiger partial charge in [-0.3, -0.25) is 4.79 Å². The molecule has 1 amide bonds. The Kier molecular flexibility index (Phi) is 5.39. The first-order chi connectivity index (χ1) is 13.6. The fraction of sp³-hybridized carbons (Fsp3) is 0.650. The highest BCUT2D eigenvalue weighted by molar-refractivity contribution is 5.77. The topological polar surface area (TPSA) is 105 Å². The molecule has 0 aromatic carbocycles. The van der Waals surface area contributed by atoms with E-state index in [0.717, 1.165) is 49.8 Å². The van der Waals surface area contributed by atoms with Crippen LogP contribution in [0.2, 0.25) is 0 Å². The summed E-state index contributed by atoms with van der Waals surface area (Å²) in [6.07, 6.45) is 9.55. The van der Waals surface area contributed by atoms with Gasteiger partial charge in [-0.25, -0.2) is 9.97 Å². The summed E-state index contributed by atoms with van der Waals surface area (Å²) in [6.45, 7) is 3.23. The third kappa shape index (κ3) is 3.92. The van der Waals surface area contributed by atoms with E-state index in [1.165, 1.54) is 6.33 Å². The Labute approximate surface area is 164 Å². The largest absolute Gasteiger partial charge is 0.389 e. The molecule has 0 spiro atoms. The quantitative estimate of drug-likeness (QED) is 0.843. The van der Waals surface area contributed by atoms with Gasteiger partial charge in [0, 0.05) is 31.6 Å². The van der Waals surface area contributed by atoms with Crippen LogP contribution in [0.4, 0.5) is 0 Å². The number of aryl methyl sites for hydroxylation is 1. The van der Waals surface area contributed by atoms with Crippen molar-refractivity contribution >= 4 is 5.91 Å². The molecule has 2 aromatic rings. The summed E-state index contributed by atoms with van der Waals surface area (Å²) < 4.78 is 5.23. The van der Waals surface area contributed by atoms with Crippen molar-refractivity contribution in [1.29, 1.82) is 0 Å². The summed E-state index contributed by atoms with van der Waals surface area (Å²) in [5, 5.41) is 14.8. The van der Waals surface area contributed by atoms with Crippen LogP contribution in [-0.4, -0.2) is 54.7 Å². The molecule has 1 atom stereocenters. The van der Waals surface area contributed by atoms with E-state index in [0.29, 0.717) is 31.2 Å². The van der Waals surface area contributed by atoms with Gasteiger partial charge in [0.1, 0.15) is 6.33 Å². The van der Waals surface area contributed by atoms with Gasteiger partial charge in [-0.15, -0.1) is 0 Å². The summed E-state index contributed by atoms with van der Waals surface area (Å²) in [5.41, 5.74) is 0.788. The number of likely N-dealkylation sites (tertiary alicyclic amines) is 1. The van der Waals surface area contributed by atoms with Crippen LogP contribution < -0.4 is 0 Å². The SMILES string of the molecule is CCc1nc(-c2cncnc2[C@H]2CCN(C(=O)CC3(O)CCCCC3)C2)no1. The van der Waals surface area contributed by atoms with Crippen LogP contribution in [0.25, 0.3) is 11.4 Å². The van der Waals surface area contributed by atoms with E-state index < -0.39 is 5.60 Å². The van der Waals surface area contributed by atoms with Gasteiger partial charge in [0.05, 0.1) is 23.3 Å². The Balaban J connectivity index is 1.46. The highest BCUT2D eigenvalue weighted by Crippen LogP contribution is 2.35. The van der Waals surface area contributed by atoms with Gasteiger partial charge in [-0.05, 0) is 19.3 Å². The Morgan fingerprint density at radius 2 is 2.18 bits per heavy atom. The molecule has 2 fully saturated rings. The Morgan fingerprint density at radius 1 is 1.36 bits per heavy atom. The molecule has 2 aromatic heterocycles. The van der Waals surface area contributed by atoms with Crippen LogP contribution in [0.1, 0.15) is 69.4 Å². The molecular weight excluding hydrogens is 358 g/mol. The number of hydrogen-bond donors (Lipinski definition) is 1. The van der Waals surface area contributed by atoms with E-state index in [2.05, 4.69) is 20.1 Å². The van der Waals surface area contributed by atoms with Gasteiger partial charge in [0.2, 0.25) is 17.6 Å². The number of carbonyl (C=O) groups excluding carboxylic acids is 1. The number of aromatic nitrogens is 4. The highest BCUT2D eigenvalue weighted by atomic mass is 16.5. The van der Waals surface area contributed by atoms with Crippen LogP contribution in [0.3, 0.4) is 0 Å². The molecule has 4 rings (SSSR count). The Morgan fingerprint density at radius 3 is 2.93 bits per heavy atom. The molecule has 3 heterocycles. The number of rotatable bonds is 5. The van der Waals surface area contributed by atoms with Crippen molar-refractivity contribution in [3.8, 4) is 11.4 Å². The van der Waals surface area contributed by atoms with Crippen LogP contribution in [0.15, 0.2) is 17.0 Å². The maximum Gasteiger partial charge on any atom is 0.226 e. The smallest absolute Gasteiger partial charge is 0.226 e. The predicted octanol–water partition coefficient (Wildman–Crippen LogP) is 2.49. The molecule has 2 aliphatic rings. The zero-order valence-electron chi connectivity index (χ0n) is 16.3. The molecule has 1 aliphatic carbocycles. The molecule has 1 saturated heterocycles. The lowest BCUT2D eigenvalue weighted by Crippen LogP contribution is -2.39. The molecule has 0 radical (unpaired) electrons. The van der Waals surface area contributed by atoms with Crippen molar-refractivity contribution in [2.75, 3.05) is 13.1 Å². The number of amides is 1. The van der Waals surface area contributed by atoms with Gasteiger partial charge in [-0.2, -0.15) is 4.98 Å².